The summed E-state index contributed by atoms with van der Waals surface area (Å²) in [4.78, 5) is 29.0. The normalized spacial score (nSPS) is 11.2. The lowest BCUT2D eigenvalue weighted by Crippen LogP contribution is -2.19. The summed E-state index contributed by atoms with van der Waals surface area (Å²) in [5, 5.41) is 4.45. The highest BCUT2D eigenvalue weighted by Gasteiger charge is 2.17. The minimum absolute atomic E-state index is 0.225. The van der Waals surface area contributed by atoms with Crippen molar-refractivity contribution in [1.29, 1.82) is 0 Å². The van der Waals surface area contributed by atoms with E-state index in [1.54, 1.807) is 19.1 Å². The van der Waals surface area contributed by atoms with Gasteiger partial charge in [0, 0.05) is 12.4 Å². The van der Waals surface area contributed by atoms with Gasteiger partial charge in [-0.1, -0.05) is 6.07 Å². The van der Waals surface area contributed by atoms with Gasteiger partial charge in [0.25, 0.3) is 5.56 Å². The second-order valence-corrected chi connectivity index (χ2v) is 5.54. The molecule has 0 aliphatic rings. The fourth-order valence-electron chi connectivity index (χ4n) is 2.80. The zero-order valence-electron chi connectivity index (χ0n) is 13.7. The van der Waals surface area contributed by atoms with E-state index in [9.17, 15) is 14.0 Å². The monoisotopic (exact) mass is 352 g/mol. The second-order valence-electron chi connectivity index (χ2n) is 5.54. The number of fused-ring (bicyclic) bond motifs is 3. The summed E-state index contributed by atoms with van der Waals surface area (Å²) in [6.45, 7) is 1.95. The minimum Gasteiger partial charge on any atom is -0.462 e. The number of nitrogens with zero attached hydrogens (tertiary/aromatic N) is 4. The molecular weight excluding hydrogens is 339 g/mol. The quantitative estimate of drug-likeness (QED) is 0.529. The van der Waals surface area contributed by atoms with Gasteiger partial charge in [-0.2, -0.15) is 5.10 Å². The van der Waals surface area contributed by atoms with E-state index in [-0.39, 0.29) is 17.7 Å². The Morgan fingerprint density at radius 2 is 2.12 bits per heavy atom. The van der Waals surface area contributed by atoms with Crippen LogP contribution in [0, 0.1) is 5.82 Å². The van der Waals surface area contributed by atoms with Crippen LogP contribution in [0.3, 0.4) is 0 Å². The van der Waals surface area contributed by atoms with E-state index in [2.05, 4.69) is 10.1 Å². The van der Waals surface area contributed by atoms with Crippen LogP contribution in [0.1, 0.15) is 17.3 Å². The summed E-state index contributed by atoms with van der Waals surface area (Å²) < 4.78 is 21.2. The molecule has 0 radical (unpaired) electrons. The van der Waals surface area contributed by atoms with Gasteiger partial charge in [0.05, 0.1) is 29.4 Å². The van der Waals surface area contributed by atoms with Crippen LogP contribution in [0.2, 0.25) is 0 Å². The van der Waals surface area contributed by atoms with Gasteiger partial charge in [0.1, 0.15) is 11.4 Å². The van der Waals surface area contributed by atoms with Crippen molar-refractivity contribution in [3.63, 3.8) is 0 Å². The summed E-state index contributed by atoms with van der Waals surface area (Å²) >= 11 is 0. The lowest BCUT2D eigenvalue weighted by molar-refractivity contribution is 0.0528. The molecule has 26 heavy (non-hydrogen) atoms. The third kappa shape index (κ3) is 2.43. The third-order valence-electron chi connectivity index (χ3n) is 3.98. The SMILES string of the molecule is CCOC(=O)c1cnn2c1ncc1c(=O)n(-c3cccc(F)c3)ccc12. The molecule has 3 aromatic heterocycles. The molecule has 0 unspecified atom stereocenters. The Balaban J connectivity index is 1.93. The van der Waals surface area contributed by atoms with E-state index >= 15 is 0 Å². The largest absolute Gasteiger partial charge is 0.462 e. The van der Waals surface area contributed by atoms with Gasteiger partial charge in [-0.3, -0.25) is 9.36 Å². The Hall–Kier alpha value is -3.55. The topological polar surface area (TPSA) is 78.5 Å². The fraction of sp³-hybridized carbons (Fsp3) is 0.111. The first-order valence-electron chi connectivity index (χ1n) is 7.91. The number of hydrogen-bond acceptors (Lipinski definition) is 5. The zero-order valence-corrected chi connectivity index (χ0v) is 13.7. The van der Waals surface area contributed by atoms with Gasteiger partial charge in [0.15, 0.2) is 5.65 Å². The van der Waals surface area contributed by atoms with Crippen LogP contribution in [0.25, 0.3) is 22.2 Å². The van der Waals surface area contributed by atoms with E-state index in [0.717, 1.165) is 0 Å². The molecule has 0 N–H and O–H groups in total. The van der Waals surface area contributed by atoms with Crippen LogP contribution < -0.4 is 5.56 Å². The summed E-state index contributed by atoms with van der Waals surface area (Å²) in [5.74, 6) is -0.961. The maximum atomic E-state index is 13.5. The van der Waals surface area contributed by atoms with Crippen molar-refractivity contribution in [3.8, 4) is 5.69 Å². The van der Waals surface area contributed by atoms with Gasteiger partial charge in [-0.05, 0) is 31.2 Å². The number of rotatable bonds is 3. The Morgan fingerprint density at radius 1 is 1.27 bits per heavy atom. The van der Waals surface area contributed by atoms with E-state index in [4.69, 9.17) is 4.74 Å². The highest BCUT2D eigenvalue weighted by Crippen LogP contribution is 2.17. The number of halogens is 1. The van der Waals surface area contributed by atoms with E-state index in [1.165, 1.54) is 45.9 Å². The Morgan fingerprint density at radius 3 is 2.88 bits per heavy atom. The van der Waals surface area contributed by atoms with Crippen LogP contribution in [0.15, 0.2) is 53.7 Å². The smallest absolute Gasteiger partial charge is 0.343 e. The van der Waals surface area contributed by atoms with E-state index < -0.39 is 11.8 Å². The number of benzene rings is 1. The molecule has 4 rings (SSSR count). The van der Waals surface area contributed by atoms with Crippen molar-refractivity contribution in [2.24, 2.45) is 0 Å². The minimum atomic E-state index is -0.526. The van der Waals surface area contributed by atoms with Gasteiger partial charge >= 0.3 is 5.97 Å². The first-order valence-corrected chi connectivity index (χ1v) is 7.91. The summed E-state index contributed by atoms with van der Waals surface area (Å²) in [7, 11) is 0. The molecule has 3 heterocycles. The molecule has 0 fully saturated rings. The molecule has 0 bridgehead atoms. The van der Waals surface area contributed by atoms with Crippen molar-refractivity contribution >= 4 is 22.5 Å². The standard InChI is InChI=1S/C18H13FN4O3/c1-2-26-18(25)14-10-21-23-15-6-7-22(12-5-3-4-11(19)8-12)17(24)13(15)9-20-16(14)23/h3-10H,2H2,1H3. The van der Waals surface area contributed by atoms with E-state index in [0.29, 0.717) is 22.2 Å². The van der Waals surface area contributed by atoms with Crippen LogP contribution in [0.4, 0.5) is 4.39 Å². The first kappa shape index (κ1) is 15.9. The molecule has 4 aromatic rings. The van der Waals surface area contributed by atoms with Crippen molar-refractivity contribution in [2.75, 3.05) is 6.61 Å². The molecule has 0 aliphatic heterocycles. The van der Waals surface area contributed by atoms with Gasteiger partial charge in [-0.15, -0.1) is 0 Å². The number of pyridine rings is 1. The maximum Gasteiger partial charge on any atom is 0.343 e. The number of carbonyl (C=O) groups excluding carboxylic acids is 1. The van der Waals surface area contributed by atoms with Crippen LogP contribution >= 0.6 is 0 Å². The van der Waals surface area contributed by atoms with Gasteiger partial charge in [0.2, 0.25) is 0 Å². The Labute approximate surface area is 146 Å². The van der Waals surface area contributed by atoms with Gasteiger partial charge in [-0.25, -0.2) is 18.7 Å². The van der Waals surface area contributed by atoms with Crippen LogP contribution in [-0.4, -0.2) is 31.7 Å². The van der Waals surface area contributed by atoms with Crippen molar-refractivity contribution < 1.29 is 13.9 Å². The lowest BCUT2D eigenvalue weighted by atomic mass is 10.2. The molecule has 8 heteroatoms. The van der Waals surface area contributed by atoms with E-state index in [1.807, 2.05) is 0 Å². The predicted octanol–water partition coefficient (Wildman–Crippen LogP) is 2.35. The summed E-state index contributed by atoms with van der Waals surface area (Å²) in [6, 6.07) is 7.41. The first-order chi connectivity index (χ1) is 12.6. The molecule has 0 atom stereocenters. The fourth-order valence-corrected chi connectivity index (χ4v) is 2.80. The number of ether oxygens (including phenoxy) is 1. The second kappa shape index (κ2) is 6.07. The molecule has 0 amide bonds. The average Bonchev–Trinajstić information content (AvgIpc) is 3.07. The highest BCUT2D eigenvalue weighted by atomic mass is 19.1. The number of aromatic nitrogens is 4. The molecule has 7 nitrogen and oxygen atoms in total. The number of esters is 1. The summed E-state index contributed by atoms with van der Waals surface area (Å²) in [5.41, 5.74) is 1.06. The third-order valence-corrected chi connectivity index (χ3v) is 3.98. The molecule has 0 spiro atoms. The van der Waals surface area contributed by atoms with Crippen LogP contribution in [0.5, 0.6) is 0 Å². The zero-order chi connectivity index (χ0) is 18.3. The molecule has 0 saturated carbocycles. The molecule has 1 aromatic carbocycles. The highest BCUT2D eigenvalue weighted by molar-refractivity contribution is 5.96. The van der Waals surface area contributed by atoms with Crippen molar-refractivity contribution in [1.82, 2.24) is 19.2 Å². The van der Waals surface area contributed by atoms with Crippen molar-refractivity contribution in [3.05, 3.63) is 70.7 Å². The lowest BCUT2D eigenvalue weighted by Gasteiger charge is -2.08. The molecule has 130 valence electrons. The Kier molecular flexibility index (Phi) is 3.72. The molecule has 0 aliphatic carbocycles. The maximum absolute atomic E-state index is 13.5. The average molecular weight is 352 g/mol. The molecular formula is C18H13FN4O3. The Bertz CT molecular complexity index is 1210. The molecule has 0 saturated heterocycles. The van der Waals surface area contributed by atoms with Gasteiger partial charge < -0.3 is 4.74 Å². The van der Waals surface area contributed by atoms with Crippen molar-refractivity contribution in [2.45, 2.75) is 6.92 Å². The summed E-state index contributed by atoms with van der Waals surface area (Å²) in [6.07, 6.45) is 4.27. The number of hydrogen-bond donors (Lipinski definition) is 0. The van der Waals surface area contributed by atoms with Crippen LogP contribution in [-0.2, 0) is 4.74 Å². The number of carbonyl (C=O) groups is 1. The predicted molar refractivity (Wildman–Crippen MR) is 92.0 cm³/mol.